The largest absolute Gasteiger partial charge is 0.497 e. The molecule has 5 nitrogen and oxygen atoms in total. The summed E-state index contributed by atoms with van der Waals surface area (Å²) in [6.45, 7) is 9.63. The van der Waals surface area contributed by atoms with Gasteiger partial charge in [0.1, 0.15) is 5.75 Å². The lowest BCUT2D eigenvalue weighted by atomic mass is 10.1. The van der Waals surface area contributed by atoms with E-state index in [9.17, 15) is 4.79 Å². The summed E-state index contributed by atoms with van der Waals surface area (Å²) in [4.78, 5) is 22.2. The average Bonchev–Trinajstić information content (AvgIpc) is 3.14. The molecule has 3 aromatic rings. The molecule has 7 heteroatoms. The van der Waals surface area contributed by atoms with Crippen molar-refractivity contribution in [1.82, 2.24) is 9.88 Å². The fourth-order valence-electron chi connectivity index (χ4n) is 3.05. The van der Waals surface area contributed by atoms with Crippen LogP contribution in [0.15, 0.2) is 42.5 Å². The highest BCUT2D eigenvalue weighted by Crippen LogP contribution is 2.32. The Morgan fingerprint density at radius 1 is 1.07 bits per heavy atom. The highest BCUT2D eigenvalue weighted by atomic mass is 35.5. The quantitative estimate of drug-likeness (QED) is 0.500. The molecule has 1 amide bonds. The number of benzene rings is 2. The van der Waals surface area contributed by atoms with Gasteiger partial charge in [0.25, 0.3) is 5.91 Å². The van der Waals surface area contributed by atoms with Crippen LogP contribution in [0.3, 0.4) is 0 Å². The predicted molar refractivity (Wildman–Crippen MR) is 124 cm³/mol. The molecule has 2 aromatic carbocycles. The van der Waals surface area contributed by atoms with Gasteiger partial charge in [0.2, 0.25) is 0 Å². The van der Waals surface area contributed by atoms with E-state index in [1.165, 1.54) is 11.3 Å². The lowest BCUT2D eigenvalue weighted by molar-refractivity contribution is 0.0984. The van der Waals surface area contributed by atoms with Crippen LogP contribution in [0.1, 0.15) is 29.8 Å². The van der Waals surface area contributed by atoms with Crippen molar-refractivity contribution in [3.05, 3.63) is 53.6 Å². The Morgan fingerprint density at radius 3 is 2.38 bits per heavy atom. The van der Waals surface area contributed by atoms with Crippen molar-refractivity contribution in [3.63, 3.8) is 0 Å². The van der Waals surface area contributed by atoms with Gasteiger partial charge >= 0.3 is 0 Å². The van der Waals surface area contributed by atoms with Gasteiger partial charge in [-0.2, -0.15) is 0 Å². The Morgan fingerprint density at radius 2 is 1.76 bits per heavy atom. The summed E-state index contributed by atoms with van der Waals surface area (Å²) in [5.74, 6) is 0.752. The normalized spacial score (nSPS) is 10.8. The molecule has 3 rings (SSSR count). The second-order valence-corrected chi connectivity index (χ2v) is 7.69. The summed E-state index contributed by atoms with van der Waals surface area (Å²) in [7, 11) is 1.64. The van der Waals surface area contributed by atoms with Crippen molar-refractivity contribution in [2.24, 2.45) is 0 Å². The number of aromatic nitrogens is 1. The maximum Gasteiger partial charge on any atom is 0.260 e. The number of amides is 1. The Kier molecular flexibility index (Phi) is 8.44. The molecule has 0 spiro atoms. The number of rotatable bonds is 8. The summed E-state index contributed by atoms with van der Waals surface area (Å²) < 4.78 is 6.35. The highest BCUT2D eigenvalue weighted by Gasteiger charge is 2.22. The zero-order valence-corrected chi connectivity index (χ0v) is 19.0. The summed E-state index contributed by atoms with van der Waals surface area (Å²) >= 11 is 1.54. The first kappa shape index (κ1) is 23.1. The molecular formula is C22H28ClN3O2S. The van der Waals surface area contributed by atoms with E-state index >= 15 is 0 Å². The first-order valence-corrected chi connectivity index (χ1v) is 10.4. The van der Waals surface area contributed by atoms with Crippen molar-refractivity contribution in [2.45, 2.75) is 20.8 Å². The predicted octanol–water partition coefficient (Wildman–Crippen LogP) is 5.02. The number of hydrogen-bond donors (Lipinski definition) is 0. The van der Waals surface area contributed by atoms with E-state index in [1.54, 1.807) is 12.0 Å². The van der Waals surface area contributed by atoms with E-state index in [0.29, 0.717) is 12.1 Å². The minimum absolute atomic E-state index is 0. The topological polar surface area (TPSA) is 45.7 Å². The standard InChI is InChI=1S/C22H27N3O2S.ClH/c1-5-24(6-2)13-14-25(21(26)17-9-7-16(3)8-10-17)22-23-19-15-18(27-4)11-12-20(19)28-22;/h7-12,15H,5-6,13-14H2,1-4H3;1H. The molecule has 0 bridgehead atoms. The number of nitrogens with zero attached hydrogens (tertiary/aromatic N) is 3. The van der Waals surface area contributed by atoms with Crippen molar-refractivity contribution < 1.29 is 9.53 Å². The second-order valence-electron chi connectivity index (χ2n) is 6.68. The monoisotopic (exact) mass is 433 g/mol. The minimum atomic E-state index is -0.0156. The lowest BCUT2D eigenvalue weighted by Gasteiger charge is -2.24. The van der Waals surface area contributed by atoms with Gasteiger partial charge < -0.3 is 9.64 Å². The van der Waals surface area contributed by atoms with E-state index in [-0.39, 0.29) is 18.3 Å². The number of anilines is 1. The van der Waals surface area contributed by atoms with Gasteiger partial charge in [-0.1, -0.05) is 42.9 Å². The number of fused-ring (bicyclic) bond motifs is 1. The molecule has 0 radical (unpaired) electrons. The van der Waals surface area contributed by atoms with Crippen molar-refractivity contribution in [1.29, 1.82) is 0 Å². The van der Waals surface area contributed by atoms with E-state index in [2.05, 4.69) is 18.7 Å². The number of methoxy groups -OCH3 is 1. The fourth-order valence-corrected chi connectivity index (χ4v) is 4.03. The maximum atomic E-state index is 13.3. The summed E-state index contributed by atoms with van der Waals surface area (Å²) in [6.07, 6.45) is 0. The van der Waals surface area contributed by atoms with Gasteiger partial charge in [0, 0.05) is 24.7 Å². The molecule has 0 saturated heterocycles. The van der Waals surface area contributed by atoms with E-state index in [4.69, 9.17) is 9.72 Å². The molecule has 0 unspecified atom stereocenters. The Balaban J connectivity index is 0.00000300. The minimum Gasteiger partial charge on any atom is -0.497 e. The molecule has 1 aromatic heterocycles. The first-order valence-electron chi connectivity index (χ1n) is 9.61. The Labute approximate surface area is 182 Å². The molecule has 0 saturated carbocycles. The third-order valence-electron chi connectivity index (χ3n) is 4.89. The lowest BCUT2D eigenvalue weighted by Crippen LogP contribution is -2.38. The van der Waals surface area contributed by atoms with Crippen LogP contribution >= 0.6 is 23.7 Å². The Hall–Kier alpha value is -2.15. The van der Waals surface area contributed by atoms with Crippen LogP contribution in [0.5, 0.6) is 5.75 Å². The van der Waals surface area contributed by atoms with Crippen LogP contribution in [0.2, 0.25) is 0 Å². The molecule has 0 fully saturated rings. The molecule has 0 aliphatic carbocycles. The fraction of sp³-hybridized carbons (Fsp3) is 0.364. The number of aryl methyl sites for hydroxylation is 1. The molecule has 1 heterocycles. The van der Waals surface area contributed by atoms with Gasteiger partial charge in [0.15, 0.2) is 5.13 Å². The molecule has 0 N–H and O–H groups in total. The third-order valence-corrected chi connectivity index (χ3v) is 5.95. The summed E-state index contributed by atoms with van der Waals surface area (Å²) in [6, 6.07) is 13.5. The molecule has 29 heavy (non-hydrogen) atoms. The van der Waals surface area contributed by atoms with Gasteiger partial charge in [-0.25, -0.2) is 4.98 Å². The molecule has 0 aliphatic heterocycles. The van der Waals surface area contributed by atoms with E-state index < -0.39 is 0 Å². The third kappa shape index (κ3) is 5.47. The summed E-state index contributed by atoms with van der Waals surface area (Å²) in [5.41, 5.74) is 2.67. The Bertz CT molecular complexity index is 939. The van der Waals surface area contributed by atoms with Crippen molar-refractivity contribution in [2.75, 3.05) is 38.2 Å². The number of thiazole rings is 1. The second kappa shape index (κ2) is 10.6. The number of ether oxygens (including phenoxy) is 1. The van der Waals surface area contributed by atoms with Crippen molar-refractivity contribution >= 4 is 45.0 Å². The van der Waals surface area contributed by atoms with Crippen LogP contribution in [-0.4, -0.2) is 49.1 Å². The van der Waals surface area contributed by atoms with Crippen LogP contribution in [0, 0.1) is 6.92 Å². The van der Waals surface area contributed by atoms with E-state index in [0.717, 1.165) is 46.3 Å². The number of carbonyl (C=O) groups is 1. The van der Waals surface area contributed by atoms with Crippen molar-refractivity contribution in [3.8, 4) is 5.75 Å². The smallest absolute Gasteiger partial charge is 0.260 e. The number of halogens is 1. The van der Waals surface area contributed by atoms with Crippen LogP contribution < -0.4 is 9.64 Å². The maximum absolute atomic E-state index is 13.3. The zero-order chi connectivity index (χ0) is 20.1. The first-order chi connectivity index (χ1) is 13.5. The SMILES string of the molecule is CCN(CC)CCN(C(=O)c1ccc(C)cc1)c1nc2cc(OC)ccc2s1.Cl. The van der Waals surface area contributed by atoms with E-state index in [1.807, 2.05) is 49.4 Å². The average molecular weight is 434 g/mol. The molecule has 0 aliphatic rings. The van der Waals surface area contributed by atoms with Crippen LogP contribution in [0.25, 0.3) is 10.2 Å². The van der Waals surface area contributed by atoms with Gasteiger partial charge in [-0.3, -0.25) is 9.69 Å². The van der Waals surface area contributed by atoms with Gasteiger partial charge in [-0.15, -0.1) is 12.4 Å². The molecule has 156 valence electrons. The number of hydrogen-bond acceptors (Lipinski definition) is 5. The van der Waals surface area contributed by atoms with Crippen LogP contribution in [0.4, 0.5) is 5.13 Å². The number of carbonyl (C=O) groups excluding carboxylic acids is 1. The van der Waals surface area contributed by atoms with Gasteiger partial charge in [-0.05, 0) is 44.3 Å². The summed E-state index contributed by atoms with van der Waals surface area (Å²) in [5, 5.41) is 0.723. The van der Waals surface area contributed by atoms with Gasteiger partial charge in [0.05, 0.1) is 17.3 Å². The number of likely N-dealkylation sites (N-methyl/N-ethyl adjacent to an activating group) is 1. The molecular weight excluding hydrogens is 406 g/mol. The highest BCUT2D eigenvalue weighted by molar-refractivity contribution is 7.22. The zero-order valence-electron chi connectivity index (χ0n) is 17.3. The van der Waals surface area contributed by atoms with Crippen LogP contribution in [-0.2, 0) is 0 Å². The molecule has 0 atom stereocenters.